The first-order valence-corrected chi connectivity index (χ1v) is 2.74. The molecule has 10 heavy (non-hydrogen) atoms. The van der Waals surface area contributed by atoms with Crippen molar-refractivity contribution in [3.63, 3.8) is 0 Å². The van der Waals surface area contributed by atoms with Crippen LogP contribution in [0.1, 0.15) is 6.92 Å². The highest BCUT2D eigenvalue weighted by atomic mass is 16.5. The molecule has 0 spiro atoms. The Balaban J connectivity index is 2.79. The topological polar surface area (TPSA) is 63.4 Å². The standard InChI is InChI=1S/C5H7N3O2/c1-5(4(9)10-2)3-6-8-7-5/h3H,1-2H3. The number of nitrogens with zero attached hydrogens (tertiary/aromatic N) is 3. The van der Waals surface area contributed by atoms with Crippen molar-refractivity contribution in [3.8, 4) is 0 Å². The summed E-state index contributed by atoms with van der Waals surface area (Å²) in [6, 6.07) is 0. The summed E-state index contributed by atoms with van der Waals surface area (Å²) < 4.78 is 4.45. The number of hydrogen-bond donors (Lipinski definition) is 0. The first kappa shape index (κ1) is 6.85. The Bertz CT molecular complexity index is 197. The van der Waals surface area contributed by atoms with Crippen LogP contribution in [0.5, 0.6) is 0 Å². The molecule has 1 aliphatic heterocycles. The fraction of sp³-hybridized carbons (Fsp3) is 0.600. The van der Waals surface area contributed by atoms with Crippen molar-refractivity contribution < 1.29 is 9.53 Å². The number of hydrogen-bond acceptors (Lipinski definition) is 5. The second-order valence-electron chi connectivity index (χ2n) is 2.07. The number of carbonyl (C=O) groups is 1. The van der Waals surface area contributed by atoms with E-state index in [0.29, 0.717) is 0 Å². The predicted octanol–water partition coefficient (Wildman–Crippen LogP) is 0.370. The smallest absolute Gasteiger partial charge is 0.341 e. The van der Waals surface area contributed by atoms with Gasteiger partial charge in [0.2, 0.25) is 5.54 Å². The first-order chi connectivity index (χ1) is 4.69. The molecule has 0 aliphatic carbocycles. The molecular formula is C5H7N3O2. The van der Waals surface area contributed by atoms with Crippen molar-refractivity contribution in [2.75, 3.05) is 7.11 Å². The third-order valence-electron chi connectivity index (χ3n) is 1.21. The quantitative estimate of drug-likeness (QED) is 0.495. The van der Waals surface area contributed by atoms with Crippen LogP contribution in [-0.4, -0.2) is 24.8 Å². The molecule has 54 valence electrons. The maximum atomic E-state index is 10.9. The third kappa shape index (κ3) is 0.896. The Hall–Kier alpha value is -1.26. The molecule has 5 nitrogen and oxygen atoms in total. The number of esters is 1. The van der Waals surface area contributed by atoms with E-state index in [-0.39, 0.29) is 0 Å². The summed E-state index contributed by atoms with van der Waals surface area (Å²) in [4.78, 5) is 10.9. The van der Waals surface area contributed by atoms with Crippen molar-refractivity contribution in [1.82, 2.24) is 0 Å². The number of carbonyl (C=O) groups excluding carboxylic acids is 1. The minimum Gasteiger partial charge on any atom is -0.467 e. The summed E-state index contributed by atoms with van der Waals surface area (Å²) in [7, 11) is 1.30. The van der Waals surface area contributed by atoms with Gasteiger partial charge in [0, 0.05) is 0 Å². The van der Waals surface area contributed by atoms with Gasteiger partial charge in [0.05, 0.1) is 13.3 Å². The minimum atomic E-state index is -0.991. The van der Waals surface area contributed by atoms with Crippen LogP contribution in [0.3, 0.4) is 0 Å². The fourth-order valence-electron chi connectivity index (χ4n) is 0.583. The number of ether oxygens (including phenoxy) is 1. The van der Waals surface area contributed by atoms with Crippen molar-refractivity contribution in [2.45, 2.75) is 12.5 Å². The summed E-state index contributed by atoms with van der Waals surface area (Å²) in [5, 5.41) is 10.3. The maximum Gasteiger partial charge on any atom is 0.341 e. The summed E-state index contributed by atoms with van der Waals surface area (Å²) in [5.74, 6) is -0.447. The van der Waals surface area contributed by atoms with Gasteiger partial charge in [-0.15, -0.1) is 10.2 Å². The van der Waals surface area contributed by atoms with Gasteiger partial charge in [-0.05, 0) is 12.1 Å². The van der Waals surface area contributed by atoms with E-state index in [1.807, 2.05) is 0 Å². The van der Waals surface area contributed by atoms with Crippen molar-refractivity contribution in [1.29, 1.82) is 0 Å². The molecule has 5 heteroatoms. The van der Waals surface area contributed by atoms with E-state index in [1.165, 1.54) is 13.3 Å². The Labute approximate surface area is 57.8 Å². The molecule has 1 rings (SSSR count). The lowest BCUT2D eigenvalue weighted by Gasteiger charge is -2.09. The number of methoxy groups -OCH3 is 1. The zero-order valence-corrected chi connectivity index (χ0v) is 5.74. The number of rotatable bonds is 1. The summed E-state index contributed by atoms with van der Waals surface area (Å²) >= 11 is 0. The SMILES string of the molecule is COC(=O)C1(C)C=NN=N1. The largest absolute Gasteiger partial charge is 0.467 e. The van der Waals surface area contributed by atoms with Gasteiger partial charge >= 0.3 is 5.97 Å². The lowest BCUT2D eigenvalue weighted by Crippen LogP contribution is -2.34. The highest BCUT2D eigenvalue weighted by Crippen LogP contribution is 2.14. The van der Waals surface area contributed by atoms with E-state index >= 15 is 0 Å². The Kier molecular flexibility index (Phi) is 1.48. The summed E-state index contributed by atoms with van der Waals surface area (Å²) in [6.07, 6.45) is 1.35. The van der Waals surface area contributed by atoms with Crippen LogP contribution in [0.2, 0.25) is 0 Å². The van der Waals surface area contributed by atoms with Gasteiger partial charge in [0.15, 0.2) is 0 Å². The van der Waals surface area contributed by atoms with E-state index in [9.17, 15) is 4.79 Å². The van der Waals surface area contributed by atoms with Gasteiger partial charge in [0.1, 0.15) is 0 Å². The van der Waals surface area contributed by atoms with Crippen molar-refractivity contribution in [3.05, 3.63) is 0 Å². The Morgan fingerprint density at radius 2 is 2.40 bits per heavy atom. The highest BCUT2D eigenvalue weighted by molar-refractivity contribution is 6.00. The second-order valence-corrected chi connectivity index (χ2v) is 2.07. The highest BCUT2D eigenvalue weighted by Gasteiger charge is 2.35. The normalized spacial score (nSPS) is 29.0. The van der Waals surface area contributed by atoms with Gasteiger partial charge < -0.3 is 4.74 Å². The van der Waals surface area contributed by atoms with Crippen LogP contribution < -0.4 is 0 Å². The van der Waals surface area contributed by atoms with Crippen LogP contribution in [0.25, 0.3) is 0 Å². The molecule has 0 bridgehead atoms. The molecule has 0 amide bonds. The van der Waals surface area contributed by atoms with Gasteiger partial charge in [-0.2, -0.15) is 0 Å². The predicted molar refractivity (Wildman–Crippen MR) is 33.8 cm³/mol. The summed E-state index contributed by atoms with van der Waals surface area (Å²) in [6.45, 7) is 1.58. The maximum absolute atomic E-state index is 10.9. The summed E-state index contributed by atoms with van der Waals surface area (Å²) in [5.41, 5.74) is -0.991. The van der Waals surface area contributed by atoms with Gasteiger partial charge in [-0.1, -0.05) is 0 Å². The monoisotopic (exact) mass is 141 g/mol. The van der Waals surface area contributed by atoms with Crippen molar-refractivity contribution in [2.24, 2.45) is 15.4 Å². The molecule has 0 saturated carbocycles. The molecule has 1 heterocycles. The lowest BCUT2D eigenvalue weighted by molar-refractivity contribution is -0.143. The molecule has 0 aromatic heterocycles. The van der Waals surface area contributed by atoms with Crippen molar-refractivity contribution >= 4 is 12.2 Å². The molecule has 0 fully saturated rings. The zero-order valence-electron chi connectivity index (χ0n) is 5.74. The molecule has 0 aromatic rings. The average Bonchev–Trinajstić information content (AvgIpc) is 2.36. The van der Waals surface area contributed by atoms with E-state index in [4.69, 9.17) is 0 Å². The van der Waals surface area contributed by atoms with Crippen LogP contribution in [0.15, 0.2) is 15.4 Å². The molecule has 1 atom stereocenters. The van der Waals surface area contributed by atoms with Crippen LogP contribution >= 0.6 is 0 Å². The first-order valence-electron chi connectivity index (χ1n) is 2.74. The van der Waals surface area contributed by atoms with E-state index < -0.39 is 11.5 Å². The van der Waals surface area contributed by atoms with Gasteiger partial charge in [-0.3, -0.25) is 0 Å². The van der Waals surface area contributed by atoms with Crippen LogP contribution in [0, 0.1) is 0 Å². The zero-order chi connectivity index (χ0) is 7.61. The van der Waals surface area contributed by atoms with Gasteiger partial charge in [0.25, 0.3) is 0 Å². The Morgan fingerprint density at radius 1 is 1.70 bits per heavy atom. The lowest BCUT2D eigenvalue weighted by atomic mass is 10.1. The molecule has 1 unspecified atom stereocenters. The molecule has 0 aromatic carbocycles. The Morgan fingerprint density at radius 3 is 2.80 bits per heavy atom. The second kappa shape index (κ2) is 2.17. The minimum absolute atomic E-state index is 0.447. The molecule has 0 radical (unpaired) electrons. The average molecular weight is 141 g/mol. The van der Waals surface area contributed by atoms with E-state index in [0.717, 1.165) is 0 Å². The van der Waals surface area contributed by atoms with Gasteiger partial charge in [-0.25, -0.2) is 4.79 Å². The van der Waals surface area contributed by atoms with Crippen LogP contribution in [0.4, 0.5) is 0 Å². The molecule has 1 aliphatic rings. The molecular weight excluding hydrogens is 134 g/mol. The molecule has 0 N–H and O–H groups in total. The van der Waals surface area contributed by atoms with E-state index in [1.54, 1.807) is 6.92 Å². The van der Waals surface area contributed by atoms with Crippen LogP contribution in [-0.2, 0) is 9.53 Å². The van der Waals surface area contributed by atoms with E-state index in [2.05, 4.69) is 20.2 Å². The third-order valence-corrected chi connectivity index (χ3v) is 1.21. The molecule has 0 saturated heterocycles. The fourth-order valence-corrected chi connectivity index (χ4v) is 0.583.